The van der Waals surface area contributed by atoms with E-state index in [9.17, 15) is 9.59 Å². The molecule has 0 saturated carbocycles. The van der Waals surface area contributed by atoms with Gasteiger partial charge in [-0.1, -0.05) is 66.2 Å². The average molecular weight is 438 g/mol. The molecule has 1 amide bonds. The molecule has 33 heavy (non-hydrogen) atoms. The molecule has 1 atom stereocenters. The highest BCUT2D eigenvalue weighted by molar-refractivity contribution is 6.07. The summed E-state index contributed by atoms with van der Waals surface area (Å²) in [5, 5.41) is 0.721. The van der Waals surface area contributed by atoms with Crippen molar-refractivity contribution >= 4 is 16.8 Å². The van der Waals surface area contributed by atoms with Crippen LogP contribution in [0.25, 0.3) is 22.0 Å². The van der Waals surface area contributed by atoms with Crippen LogP contribution in [0.5, 0.6) is 0 Å². The number of hydrogen-bond acceptors (Lipinski definition) is 3. The van der Waals surface area contributed by atoms with Crippen molar-refractivity contribution in [2.45, 2.75) is 39.3 Å². The highest BCUT2D eigenvalue weighted by atomic mass is 16.2. The zero-order valence-electron chi connectivity index (χ0n) is 19.0. The van der Waals surface area contributed by atoms with Crippen molar-refractivity contribution < 1.29 is 4.79 Å². The molecular formula is C28H27N3O2. The van der Waals surface area contributed by atoms with Crippen LogP contribution in [-0.4, -0.2) is 26.9 Å². The van der Waals surface area contributed by atoms with E-state index in [0.29, 0.717) is 24.3 Å². The molecule has 5 rings (SSSR count). The van der Waals surface area contributed by atoms with Gasteiger partial charge in [0.15, 0.2) is 0 Å². The summed E-state index contributed by atoms with van der Waals surface area (Å²) in [5.41, 5.74) is 4.61. The third-order valence-corrected chi connectivity index (χ3v) is 6.62. The minimum absolute atomic E-state index is 0.101. The first-order valence-corrected chi connectivity index (χ1v) is 11.5. The predicted molar refractivity (Wildman–Crippen MR) is 131 cm³/mol. The normalized spacial score (nSPS) is 15.1. The van der Waals surface area contributed by atoms with Crippen molar-refractivity contribution in [2.75, 3.05) is 6.54 Å². The van der Waals surface area contributed by atoms with Crippen LogP contribution in [0.1, 0.15) is 47.4 Å². The fourth-order valence-corrected chi connectivity index (χ4v) is 4.79. The van der Waals surface area contributed by atoms with Gasteiger partial charge in [-0.15, -0.1) is 0 Å². The lowest BCUT2D eigenvalue weighted by Crippen LogP contribution is -2.41. The van der Waals surface area contributed by atoms with E-state index in [1.54, 1.807) is 10.8 Å². The van der Waals surface area contributed by atoms with Crippen LogP contribution in [0, 0.1) is 6.92 Å². The molecule has 0 radical (unpaired) electrons. The summed E-state index contributed by atoms with van der Waals surface area (Å²) >= 11 is 0. The number of rotatable bonds is 3. The molecule has 3 heterocycles. The summed E-state index contributed by atoms with van der Waals surface area (Å²) in [6.45, 7) is 5.27. The van der Waals surface area contributed by atoms with E-state index < -0.39 is 0 Å². The maximum Gasteiger partial charge on any atom is 0.277 e. The fourth-order valence-electron chi connectivity index (χ4n) is 4.79. The van der Waals surface area contributed by atoms with Crippen LogP contribution in [0.15, 0.2) is 77.7 Å². The van der Waals surface area contributed by atoms with Crippen LogP contribution in [0.4, 0.5) is 0 Å². The van der Waals surface area contributed by atoms with Gasteiger partial charge in [-0.25, -0.2) is 0 Å². The van der Waals surface area contributed by atoms with Gasteiger partial charge in [-0.3, -0.25) is 14.6 Å². The van der Waals surface area contributed by atoms with E-state index in [1.807, 2.05) is 66.4 Å². The molecule has 0 bridgehead atoms. The second-order valence-electron chi connectivity index (χ2n) is 8.74. The highest BCUT2D eigenvalue weighted by Crippen LogP contribution is 2.34. The SMILES string of the molecule is Cc1ccc(-c2c3n(c(=O)c4ncccc24)CCCCN([C@@H](C)c2ccccc2)C3=O)cc1. The quantitative estimate of drug-likeness (QED) is 0.433. The Kier molecular flexibility index (Phi) is 5.55. The number of amides is 1. The van der Waals surface area contributed by atoms with Crippen molar-refractivity contribution in [3.05, 3.63) is 100 Å². The number of fused-ring (bicyclic) bond motifs is 2. The first-order valence-electron chi connectivity index (χ1n) is 11.5. The molecule has 2 aromatic carbocycles. The van der Waals surface area contributed by atoms with E-state index in [2.05, 4.69) is 24.0 Å². The summed E-state index contributed by atoms with van der Waals surface area (Å²) in [6, 6.07) is 21.8. The van der Waals surface area contributed by atoms with Crippen molar-refractivity contribution in [2.24, 2.45) is 0 Å². The second-order valence-corrected chi connectivity index (χ2v) is 8.74. The average Bonchev–Trinajstić information content (AvgIpc) is 2.84. The van der Waals surface area contributed by atoms with Crippen molar-refractivity contribution in [1.29, 1.82) is 0 Å². The molecule has 1 aliphatic heterocycles. The van der Waals surface area contributed by atoms with Gasteiger partial charge in [-0.2, -0.15) is 0 Å². The number of benzene rings is 2. The maximum absolute atomic E-state index is 14.2. The van der Waals surface area contributed by atoms with Crippen LogP contribution < -0.4 is 5.56 Å². The summed E-state index contributed by atoms with van der Waals surface area (Å²) in [7, 11) is 0. The Morgan fingerprint density at radius 1 is 0.879 bits per heavy atom. The zero-order valence-corrected chi connectivity index (χ0v) is 19.0. The first-order chi connectivity index (χ1) is 16.1. The molecule has 1 aliphatic rings. The Balaban J connectivity index is 1.79. The molecule has 5 heteroatoms. The van der Waals surface area contributed by atoms with Crippen molar-refractivity contribution in [3.8, 4) is 11.1 Å². The lowest BCUT2D eigenvalue weighted by atomic mass is 9.95. The van der Waals surface area contributed by atoms with Crippen molar-refractivity contribution in [1.82, 2.24) is 14.5 Å². The monoisotopic (exact) mass is 437 g/mol. The van der Waals surface area contributed by atoms with E-state index in [-0.39, 0.29) is 17.5 Å². The minimum atomic E-state index is -0.195. The number of carbonyl (C=O) groups is 1. The van der Waals surface area contributed by atoms with Crippen LogP contribution in [0.3, 0.4) is 0 Å². The molecule has 4 aromatic rings. The second kappa shape index (κ2) is 8.66. The molecule has 2 aromatic heterocycles. The van der Waals surface area contributed by atoms with Gasteiger partial charge in [0.2, 0.25) is 0 Å². The molecule has 0 N–H and O–H groups in total. The zero-order chi connectivity index (χ0) is 22.9. The lowest BCUT2D eigenvalue weighted by molar-refractivity contribution is 0.0663. The minimum Gasteiger partial charge on any atom is -0.331 e. The van der Waals surface area contributed by atoms with E-state index in [1.165, 1.54) is 0 Å². The van der Waals surface area contributed by atoms with Gasteiger partial charge in [0, 0.05) is 30.2 Å². The molecule has 0 spiro atoms. The summed E-state index contributed by atoms with van der Waals surface area (Å²) in [5.74, 6) is -0.107. The van der Waals surface area contributed by atoms with E-state index in [0.717, 1.165) is 40.5 Å². The van der Waals surface area contributed by atoms with Crippen LogP contribution in [-0.2, 0) is 6.54 Å². The van der Waals surface area contributed by atoms with Crippen LogP contribution >= 0.6 is 0 Å². The summed E-state index contributed by atoms with van der Waals surface area (Å²) < 4.78 is 1.66. The number of hydrogen-bond donors (Lipinski definition) is 0. The standard InChI is InChI=1S/C28H27N3O2/c1-19-12-14-22(15-13-19)24-23-11-8-16-29-25(23)27(32)31-18-7-6-17-30(28(33)26(24)31)20(2)21-9-4-3-5-10-21/h3-5,8-16,20H,6-7,17-18H2,1-2H3/t20-/m0/s1. The molecule has 0 fully saturated rings. The molecule has 0 unspecified atom stereocenters. The maximum atomic E-state index is 14.2. The van der Waals surface area contributed by atoms with Gasteiger partial charge in [0.05, 0.1) is 6.04 Å². The highest BCUT2D eigenvalue weighted by Gasteiger charge is 2.31. The number of aromatic nitrogens is 2. The molecule has 0 aliphatic carbocycles. The number of aryl methyl sites for hydroxylation is 1. The smallest absolute Gasteiger partial charge is 0.277 e. The van der Waals surface area contributed by atoms with Gasteiger partial charge < -0.3 is 9.47 Å². The number of carbonyl (C=O) groups excluding carboxylic acids is 1. The summed E-state index contributed by atoms with van der Waals surface area (Å²) in [4.78, 5) is 34.0. The Bertz CT molecular complexity index is 1370. The fraction of sp³-hybridized carbons (Fsp3) is 0.250. The van der Waals surface area contributed by atoms with E-state index in [4.69, 9.17) is 0 Å². The number of pyridine rings is 2. The lowest BCUT2D eigenvalue weighted by Gasteiger charge is -2.33. The topological polar surface area (TPSA) is 55.2 Å². The van der Waals surface area contributed by atoms with Crippen LogP contribution in [0.2, 0.25) is 0 Å². The Morgan fingerprint density at radius 2 is 1.61 bits per heavy atom. The molecule has 0 saturated heterocycles. The Morgan fingerprint density at radius 3 is 2.36 bits per heavy atom. The van der Waals surface area contributed by atoms with Gasteiger partial charge >= 0.3 is 0 Å². The summed E-state index contributed by atoms with van der Waals surface area (Å²) in [6.07, 6.45) is 3.31. The van der Waals surface area contributed by atoms with Gasteiger partial charge in [0.1, 0.15) is 11.2 Å². The largest absolute Gasteiger partial charge is 0.331 e. The molecule has 5 nitrogen and oxygen atoms in total. The number of nitrogens with zero attached hydrogens (tertiary/aromatic N) is 3. The van der Waals surface area contributed by atoms with Crippen molar-refractivity contribution in [3.63, 3.8) is 0 Å². The molecule has 166 valence electrons. The predicted octanol–water partition coefficient (Wildman–Crippen LogP) is 5.37. The van der Waals surface area contributed by atoms with Gasteiger partial charge in [-0.05, 0) is 43.9 Å². The van der Waals surface area contributed by atoms with E-state index >= 15 is 0 Å². The Labute approximate surface area is 193 Å². The molecular weight excluding hydrogens is 410 g/mol. The third kappa shape index (κ3) is 3.74. The third-order valence-electron chi connectivity index (χ3n) is 6.62. The van der Waals surface area contributed by atoms with Gasteiger partial charge in [0.25, 0.3) is 11.5 Å². The first kappa shape index (κ1) is 21.1. The Hall–Kier alpha value is -3.73.